The average Bonchev–Trinajstić information content (AvgIpc) is 2.86. The van der Waals surface area contributed by atoms with Crippen LogP contribution in [0.2, 0.25) is 6.32 Å². The summed E-state index contributed by atoms with van der Waals surface area (Å²) in [7, 11) is -1.47. The highest BCUT2D eigenvalue weighted by molar-refractivity contribution is 6.40. The molecule has 1 saturated heterocycles. The maximum Gasteiger partial charge on any atom is 0.451 e. The smallest absolute Gasteiger partial charge is 0.451 e. The standard InChI is InChI=1S/C16H27BN4O6/c1-15(2,18)7-20-10-11(13(23)12(10)22)21-6-9(4-3-5-17(26)27)16(19,8-21)14(24)25/h9,20,26-27H,3-8,18-19H2,1-2H3,(H,24,25)/t9-,16-/m0/s1. The second-order valence-corrected chi connectivity index (χ2v) is 8.06. The number of nitrogens with one attached hydrogen (secondary N) is 1. The number of carbonyl (C=O) groups is 1. The van der Waals surface area contributed by atoms with E-state index in [1.54, 1.807) is 13.8 Å². The molecule has 8 N–H and O–H groups in total. The summed E-state index contributed by atoms with van der Waals surface area (Å²) in [6.07, 6.45) is 0.830. The zero-order valence-electron chi connectivity index (χ0n) is 15.6. The summed E-state index contributed by atoms with van der Waals surface area (Å²) in [5.41, 5.74) is 8.76. The summed E-state index contributed by atoms with van der Waals surface area (Å²) in [6.45, 7) is 3.88. The normalized spacial score (nSPS) is 23.0. The fourth-order valence-corrected chi connectivity index (χ4v) is 3.41. The van der Waals surface area contributed by atoms with Crippen molar-refractivity contribution in [3.05, 3.63) is 20.4 Å². The summed E-state index contributed by atoms with van der Waals surface area (Å²) < 4.78 is 0. The van der Waals surface area contributed by atoms with Crippen LogP contribution in [0.4, 0.5) is 11.4 Å². The molecule has 0 aliphatic carbocycles. The summed E-state index contributed by atoms with van der Waals surface area (Å²) >= 11 is 0. The molecule has 1 aliphatic rings. The molecule has 0 amide bonds. The largest absolute Gasteiger partial charge is 0.480 e. The van der Waals surface area contributed by atoms with Crippen LogP contribution < -0.4 is 32.5 Å². The topological polar surface area (TPSA) is 179 Å². The molecule has 27 heavy (non-hydrogen) atoms. The van der Waals surface area contributed by atoms with Crippen molar-refractivity contribution in [2.45, 2.75) is 44.1 Å². The zero-order chi connectivity index (χ0) is 20.6. The Balaban J connectivity index is 2.20. The van der Waals surface area contributed by atoms with Gasteiger partial charge in [-0.25, -0.2) is 0 Å². The molecule has 1 fully saturated rings. The van der Waals surface area contributed by atoms with Crippen molar-refractivity contribution in [3.8, 4) is 0 Å². The average molecular weight is 382 g/mol. The molecule has 0 aromatic heterocycles. The SMILES string of the molecule is CC(C)(N)CNc1c(N2C[C@H](CCCB(O)O)[C@](N)(C(=O)O)C2)c(=O)c1=O. The number of carboxylic acid groups (broad SMARTS) is 1. The molecular formula is C16H27BN4O6. The van der Waals surface area contributed by atoms with E-state index >= 15 is 0 Å². The van der Waals surface area contributed by atoms with Gasteiger partial charge in [-0.1, -0.05) is 6.42 Å². The first kappa shape index (κ1) is 21.4. The minimum Gasteiger partial charge on any atom is -0.480 e. The van der Waals surface area contributed by atoms with Crippen molar-refractivity contribution in [1.82, 2.24) is 0 Å². The van der Waals surface area contributed by atoms with Gasteiger partial charge in [0, 0.05) is 31.1 Å². The lowest BCUT2D eigenvalue weighted by atomic mass is 9.78. The van der Waals surface area contributed by atoms with E-state index in [0.29, 0.717) is 12.8 Å². The van der Waals surface area contributed by atoms with E-state index in [0.717, 1.165) is 0 Å². The quantitative estimate of drug-likeness (QED) is 0.205. The Morgan fingerprint density at radius 2 is 2.00 bits per heavy atom. The van der Waals surface area contributed by atoms with Crippen LogP contribution in [0.1, 0.15) is 26.7 Å². The van der Waals surface area contributed by atoms with Gasteiger partial charge in [-0.3, -0.25) is 14.4 Å². The first-order valence-corrected chi connectivity index (χ1v) is 8.86. The van der Waals surface area contributed by atoms with E-state index in [1.807, 2.05) is 0 Å². The van der Waals surface area contributed by atoms with Crippen LogP contribution in [0.3, 0.4) is 0 Å². The Morgan fingerprint density at radius 3 is 2.52 bits per heavy atom. The van der Waals surface area contributed by atoms with Crippen LogP contribution in [0, 0.1) is 5.92 Å². The summed E-state index contributed by atoms with van der Waals surface area (Å²) in [5.74, 6) is -1.70. The summed E-state index contributed by atoms with van der Waals surface area (Å²) in [6, 6.07) is 0. The minimum absolute atomic E-state index is 0.102. The molecule has 1 aromatic rings. The van der Waals surface area contributed by atoms with Gasteiger partial charge in [0.15, 0.2) is 0 Å². The second-order valence-electron chi connectivity index (χ2n) is 8.06. The van der Waals surface area contributed by atoms with Crippen LogP contribution >= 0.6 is 0 Å². The Labute approximate surface area is 157 Å². The number of nitrogens with zero attached hydrogens (tertiary/aromatic N) is 1. The van der Waals surface area contributed by atoms with Gasteiger partial charge in [0.05, 0.1) is 0 Å². The third kappa shape index (κ3) is 4.49. The molecule has 2 atom stereocenters. The van der Waals surface area contributed by atoms with Crippen molar-refractivity contribution in [2.24, 2.45) is 17.4 Å². The van der Waals surface area contributed by atoms with Crippen LogP contribution in [-0.4, -0.2) is 59.0 Å². The fraction of sp³-hybridized carbons (Fsp3) is 0.688. The van der Waals surface area contributed by atoms with Gasteiger partial charge in [-0.2, -0.15) is 0 Å². The zero-order valence-corrected chi connectivity index (χ0v) is 15.6. The van der Waals surface area contributed by atoms with Gasteiger partial charge >= 0.3 is 13.1 Å². The van der Waals surface area contributed by atoms with Gasteiger partial charge in [-0.05, 0) is 26.6 Å². The Kier molecular flexibility index (Phi) is 6.00. The summed E-state index contributed by atoms with van der Waals surface area (Å²) in [5, 5.41) is 30.4. The molecule has 1 aromatic carbocycles. The molecule has 0 bridgehead atoms. The molecule has 11 heteroatoms. The number of carboxylic acids is 1. The van der Waals surface area contributed by atoms with Gasteiger partial charge in [0.1, 0.15) is 16.9 Å². The van der Waals surface area contributed by atoms with E-state index in [-0.39, 0.29) is 37.3 Å². The van der Waals surface area contributed by atoms with E-state index in [1.165, 1.54) is 4.90 Å². The Morgan fingerprint density at radius 1 is 1.37 bits per heavy atom. The molecular weight excluding hydrogens is 355 g/mol. The van der Waals surface area contributed by atoms with Gasteiger partial charge in [0.2, 0.25) is 0 Å². The van der Waals surface area contributed by atoms with Crippen LogP contribution in [0.25, 0.3) is 0 Å². The van der Waals surface area contributed by atoms with Crippen molar-refractivity contribution in [2.75, 3.05) is 29.9 Å². The van der Waals surface area contributed by atoms with E-state index < -0.39 is 40.9 Å². The lowest BCUT2D eigenvalue weighted by Gasteiger charge is -2.27. The molecule has 150 valence electrons. The number of aliphatic carboxylic acids is 1. The van der Waals surface area contributed by atoms with Gasteiger partial charge < -0.3 is 36.8 Å². The maximum atomic E-state index is 12.1. The third-order valence-corrected chi connectivity index (χ3v) is 4.96. The Bertz CT molecular complexity index is 770. The van der Waals surface area contributed by atoms with Crippen LogP contribution in [0.5, 0.6) is 0 Å². The number of hydrogen-bond acceptors (Lipinski definition) is 9. The van der Waals surface area contributed by atoms with Crippen molar-refractivity contribution in [3.63, 3.8) is 0 Å². The van der Waals surface area contributed by atoms with Gasteiger partial charge in [0.25, 0.3) is 10.9 Å². The van der Waals surface area contributed by atoms with Crippen LogP contribution in [-0.2, 0) is 4.79 Å². The second kappa shape index (κ2) is 7.59. The monoisotopic (exact) mass is 382 g/mol. The predicted octanol–water partition coefficient (Wildman–Crippen LogP) is -2.10. The van der Waals surface area contributed by atoms with Gasteiger partial charge in [-0.15, -0.1) is 0 Å². The molecule has 1 aliphatic heterocycles. The first-order valence-electron chi connectivity index (χ1n) is 8.86. The third-order valence-electron chi connectivity index (χ3n) is 4.96. The number of nitrogens with two attached hydrogens (primary N) is 2. The number of rotatable bonds is 9. The van der Waals surface area contributed by atoms with Crippen molar-refractivity contribution < 1.29 is 19.9 Å². The lowest BCUT2D eigenvalue weighted by molar-refractivity contribution is -0.144. The maximum absolute atomic E-state index is 12.1. The molecule has 0 spiro atoms. The molecule has 1 heterocycles. The lowest BCUT2D eigenvalue weighted by Crippen LogP contribution is -2.55. The highest BCUT2D eigenvalue weighted by Gasteiger charge is 2.50. The van der Waals surface area contributed by atoms with E-state index in [4.69, 9.17) is 21.5 Å². The first-order chi connectivity index (χ1) is 12.4. The molecule has 10 nitrogen and oxygen atoms in total. The number of hydrogen-bond donors (Lipinski definition) is 6. The molecule has 0 saturated carbocycles. The molecule has 0 unspecified atom stereocenters. The Hall–Kier alpha value is -1.95. The van der Waals surface area contributed by atoms with Crippen molar-refractivity contribution >= 4 is 24.5 Å². The number of anilines is 2. The fourth-order valence-electron chi connectivity index (χ4n) is 3.41. The van der Waals surface area contributed by atoms with Crippen molar-refractivity contribution in [1.29, 1.82) is 0 Å². The molecule has 2 rings (SSSR count). The minimum atomic E-state index is -1.59. The molecule has 0 radical (unpaired) electrons. The highest BCUT2D eigenvalue weighted by Crippen LogP contribution is 2.35. The highest BCUT2D eigenvalue weighted by atomic mass is 16.4. The van der Waals surface area contributed by atoms with E-state index in [9.17, 15) is 19.5 Å². The van der Waals surface area contributed by atoms with Crippen LogP contribution in [0.15, 0.2) is 9.59 Å². The van der Waals surface area contributed by atoms with E-state index in [2.05, 4.69) is 5.32 Å². The predicted molar refractivity (Wildman–Crippen MR) is 103 cm³/mol. The summed E-state index contributed by atoms with van der Waals surface area (Å²) in [4.78, 5) is 37.3.